The quantitative estimate of drug-likeness (QED) is 0.583. The summed E-state index contributed by atoms with van der Waals surface area (Å²) in [6.45, 7) is 2.67. The van der Waals surface area contributed by atoms with Crippen molar-refractivity contribution in [2.45, 2.75) is 16.7 Å². The van der Waals surface area contributed by atoms with Gasteiger partial charge in [0.25, 0.3) is 5.91 Å². The first-order chi connectivity index (χ1) is 15.5. The van der Waals surface area contributed by atoms with Gasteiger partial charge in [0.2, 0.25) is 20.0 Å². The van der Waals surface area contributed by atoms with Gasteiger partial charge in [-0.05, 0) is 48.9 Å². The molecule has 0 atom stereocenters. The van der Waals surface area contributed by atoms with Crippen LogP contribution in [-0.4, -0.2) is 78.4 Å². The smallest absolute Gasteiger partial charge is 0.262 e. The zero-order valence-corrected chi connectivity index (χ0v) is 20.3. The maximum Gasteiger partial charge on any atom is 0.262 e. The molecule has 1 fully saturated rings. The standard InChI is InChI=1S/C21H27N3O7S2/c1-16-4-5-17(14-20(16)33(28,29)23(2)3)22-21(25)15-31-18-6-8-19(9-7-18)32(26,27)24-10-12-30-13-11-24/h4-9,14H,10-13,15H2,1-3H3,(H,22,25). The van der Waals surface area contributed by atoms with Crippen LogP contribution in [-0.2, 0) is 29.6 Å². The van der Waals surface area contributed by atoms with E-state index >= 15 is 0 Å². The van der Waals surface area contributed by atoms with Crippen LogP contribution in [0.3, 0.4) is 0 Å². The number of carbonyl (C=O) groups excluding carboxylic acids is 1. The lowest BCUT2D eigenvalue weighted by atomic mass is 10.2. The maximum atomic E-state index is 12.7. The summed E-state index contributed by atoms with van der Waals surface area (Å²) in [5.41, 5.74) is 0.881. The van der Waals surface area contributed by atoms with E-state index < -0.39 is 26.0 Å². The number of carbonyl (C=O) groups is 1. The minimum Gasteiger partial charge on any atom is -0.484 e. The number of nitrogens with one attached hydrogen (secondary N) is 1. The lowest BCUT2D eigenvalue weighted by Crippen LogP contribution is -2.40. The highest BCUT2D eigenvalue weighted by molar-refractivity contribution is 7.89. The van der Waals surface area contributed by atoms with E-state index in [1.54, 1.807) is 19.1 Å². The second-order valence-corrected chi connectivity index (χ2v) is 11.7. The largest absolute Gasteiger partial charge is 0.484 e. The Bertz CT molecular complexity index is 1200. The summed E-state index contributed by atoms with van der Waals surface area (Å²) in [4.78, 5) is 12.5. The van der Waals surface area contributed by atoms with E-state index in [-0.39, 0.29) is 16.4 Å². The molecule has 1 heterocycles. The van der Waals surface area contributed by atoms with Crippen LogP contribution in [0, 0.1) is 6.92 Å². The summed E-state index contributed by atoms with van der Waals surface area (Å²) < 4.78 is 63.3. The van der Waals surface area contributed by atoms with Gasteiger partial charge in [-0.3, -0.25) is 4.79 Å². The Hall–Kier alpha value is -2.51. The van der Waals surface area contributed by atoms with Crippen molar-refractivity contribution in [3.05, 3.63) is 48.0 Å². The normalized spacial score (nSPS) is 15.4. The van der Waals surface area contributed by atoms with Crippen LogP contribution in [0.1, 0.15) is 5.56 Å². The Morgan fingerprint density at radius 3 is 2.30 bits per heavy atom. The number of amides is 1. The lowest BCUT2D eigenvalue weighted by molar-refractivity contribution is -0.118. The Labute approximate surface area is 194 Å². The van der Waals surface area contributed by atoms with Crippen molar-refractivity contribution in [1.29, 1.82) is 0 Å². The number of nitrogens with zero attached hydrogens (tertiary/aromatic N) is 2. The third-order valence-electron chi connectivity index (χ3n) is 5.03. The van der Waals surface area contributed by atoms with Crippen molar-refractivity contribution in [3.8, 4) is 5.75 Å². The average Bonchev–Trinajstić information content (AvgIpc) is 2.79. The van der Waals surface area contributed by atoms with Crippen molar-refractivity contribution in [1.82, 2.24) is 8.61 Å². The zero-order valence-electron chi connectivity index (χ0n) is 18.6. The highest BCUT2D eigenvalue weighted by Gasteiger charge is 2.26. The first-order valence-electron chi connectivity index (χ1n) is 10.2. The molecule has 0 saturated carbocycles. The van der Waals surface area contributed by atoms with Gasteiger partial charge in [-0.2, -0.15) is 4.31 Å². The van der Waals surface area contributed by atoms with Crippen LogP contribution in [0.25, 0.3) is 0 Å². The third-order valence-corrected chi connectivity index (χ3v) is 8.90. The molecule has 1 amide bonds. The molecule has 33 heavy (non-hydrogen) atoms. The molecule has 2 aromatic carbocycles. The summed E-state index contributed by atoms with van der Waals surface area (Å²) >= 11 is 0. The molecule has 1 saturated heterocycles. The summed E-state index contributed by atoms with van der Waals surface area (Å²) in [6, 6.07) is 10.4. The fraction of sp³-hybridized carbons (Fsp3) is 0.381. The van der Waals surface area contributed by atoms with E-state index in [0.717, 1.165) is 4.31 Å². The van der Waals surface area contributed by atoms with Gasteiger partial charge in [-0.25, -0.2) is 21.1 Å². The van der Waals surface area contributed by atoms with Crippen molar-refractivity contribution in [2.75, 3.05) is 52.3 Å². The molecular formula is C21H27N3O7S2. The first-order valence-corrected chi connectivity index (χ1v) is 13.0. The number of hydrogen-bond acceptors (Lipinski definition) is 7. The Kier molecular flexibility index (Phi) is 7.75. The van der Waals surface area contributed by atoms with Gasteiger partial charge in [0.1, 0.15) is 5.75 Å². The van der Waals surface area contributed by atoms with Crippen molar-refractivity contribution in [3.63, 3.8) is 0 Å². The zero-order chi connectivity index (χ0) is 24.2. The minimum atomic E-state index is -3.65. The molecule has 0 unspecified atom stereocenters. The SMILES string of the molecule is Cc1ccc(NC(=O)COc2ccc(S(=O)(=O)N3CCOCC3)cc2)cc1S(=O)(=O)N(C)C. The minimum absolute atomic E-state index is 0.100. The number of sulfonamides is 2. The predicted octanol–water partition coefficient (Wildman–Crippen LogP) is 1.28. The van der Waals surface area contributed by atoms with Gasteiger partial charge in [-0.1, -0.05) is 6.07 Å². The first kappa shape index (κ1) is 25.1. The Morgan fingerprint density at radius 1 is 1.06 bits per heavy atom. The fourth-order valence-corrected chi connectivity index (χ4v) is 5.69. The van der Waals surface area contributed by atoms with E-state index in [4.69, 9.17) is 9.47 Å². The van der Waals surface area contributed by atoms with Gasteiger partial charge in [0.15, 0.2) is 6.61 Å². The second kappa shape index (κ2) is 10.2. The third kappa shape index (κ3) is 5.89. The molecule has 0 aromatic heterocycles. The highest BCUT2D eigenvalue weighted by atomic mass is 32.2. The number of anilines is 1. The summed E-state index contributed by atoms with van der Waals surface area (Å²) in [7, 11) is -4.39. The highest BCUT2D eigenvalue weighted by Crippen LogP contribution is 2.23. The van der Waals surface area contributed by atoms with Crippen molar-refractivity contribution < 1.29 is 31.1 Å². The average molecular weight is 498 g/mol. The van der Waals surface area contributed by atoms with Crippen LogP contribution in [0.15, 0.2) is 52.3 Å². The molecule has 0 bridgehead atoms. The molecule has 0 spiro atoms. The number of benzene rings is 2. The predicted molar refractivity (Wildman–Crippen MR) is 122 cm³/mol. The van der Waals surface area contributed by atoms with Crippen molar-refractivity contribution in [2.24, 2.45) is 0 Å². The van der Waals surface area contributed by atoms with Crippen molar-refractivity contribution >= 4 is 31.6 Å². The number of ether oxygens (including phenoxy) is 2. The molecule has 180 valence electrons. The van der Waals surface area contributed by atoms with E-state index in [1.165, 1.54) is 48.7 Å². The number of rotatable bonds is 8. The lowest BCUT2D eigenvalue weighted by Gasteiger charge is -2.26. The van der Waals surface area contributed by atoms with Gasteiger partial charge >= 0.3 is 0 Å². The molecule has 0 aliphatic carbocycles. The van der Waals surface area contributed by atoms with Gasteiger partial charge < -0.3 is 14.8 Å². The molecule has 1 aliphatic rings. The van der Waals surface area contributed by atoms with Gasteiger partial charge in [0, 0.05) is 32.9 Å². The summed E-state index contributed by atoms with van der Waals surface area (Å²) in [5, 5.41) is 2.61. The molecule has 10 nitrogen and oxygen atoms in total. The van der Waals surface area contributed by atoms with Crippen LogP contribution in [0.5, 0.6) is 5.75 Å². The summed E-state index contributed by atoms with van der Waals surface area (Å²) in [5.74, 6) is -0.164. The number of aryl methyl sites for hydroxylation is 1. The monoisotopic (exact) mass is 497 g/mol. The fourth-order valence-electron chi connectivity index (χ4n) is 3.14. The number of hydrogen-bond donors (Lipinski definition) is 1. The topological polar surface area (TPSA) is 122 Å². The van der Waals surface area contributed by atoms with E-state index in [9.17, 15) is 21.6 Å². The molecular weight excluding hydrogens is 470 g/mol. The summed E-state index contributed by atoms with van der Waals surface area (Å²) in [6.07, 6.45) is 0. The molecule has 12 heteroatoms. The van der Waals surface area contributed by atoms with Crippen LogP contribution in [0.2, 0.25) is 0 Å². The molecule has 0 radical (unpaired) electrons. The Morgan fingerprint density at radius 2 is 1.70 bits per heavy atom. The number of morpholine rings is 1. The van der Waals surface area contributed by atoms with Crippen LogP contribution < -0.4 is 10.1 Å². The second-order valence-electron chi connectivity index (χ2n) is 7.59. The maximum absolute atomic E-state index is 12.7. The van der Waals surface area contributed by atoms with E-state index in [1.807, 2.05) is 0 Å². The van der Waals surface area contributed by atoms with E-state index in [0.29, 0.717) is 43.3 Å². The molecule has 2 aromatic rings. The van der Waals surface area contributed by atoms with Crippen LogP contribution >= 0.6 is 0 Å². The molecule has 3 rings (SSSR count). The molecule has 1 N–H and O–H groups in total. The van der Waals surface area contributed by atoms with Crippen LogP contribution in [0.4, 0.5) is 5.69 Å². The van der Waals surface area contributed by atoms with Gasteiger partial charge in [0.05, 0.1) is 23.0 Å². The van der Waals surface area contributed by atoms with Gasteiger partial charge in [-0.15, -0.1) is 0 Å². The molecule has 1 aliphatic heterocycles. The Balaban J connectivity index is 1.61. The van der Waals surface area contributed by atoms with E-state index in [2.05, 4.69) is 5.32 Å².